The average Bonchev–Trinajstić information content (AvgIpc) is 2.20. The number of carboxylic acid groups (broad SMARTS) is 1. The summed E-state index contributed by atoms with van der Waals surface area (Å²) >= 11 is 0. The molecule has 4 N–H and O–H groups in total. The maximum Gasteiger partial charge on any atom is 0.303 e. The van der Waals surface area contributed by atoms with Gasteiger partial charge in [0, 0.05) is 13.0 Å². The van der Waals surface area contributed by atoms with E-state index >= 15 is 0 Å². The van der Waals surface area contributed by atoms with Gasteiger partial charge in [0.1, 0.15) is 0 Å². The van der Waals surface area contributed by atoms with Crippen molar-refractivity contribution in [2.45, 2.75) is 45.1 Å². The Kier molecular flexibility index (Phi) is 7.62. The quantitative estimate of drug-likeness (QED) is 0.515. The molecule has 0 aliphatic heterocycles. The summed E-state index contributed by atoms with van der Waals surface area (Å²) in [6.07, 6.45) is 3.15. The van der Waals surface area contributed by atoms with Gasteiger partial charge in [-0.1, -0.05) is 19.8 Å². The van der Waals surface area contributed by atoms with Crippen molar-refractivity contribution in [1.82, 2.24) is 5.32 Å². The van der Waals surface area contributed by atoms with Crippen LogP contribution in [0.3, 0.4) is 0 Å². The van der Waals surface area contributed by atoms with E-state index in [4.69, 9.17) is 10.8 Å². The molecule has 5 nitrogen and oxygen atoms in total. The Bertz CT molecular complexity index is 207. The highest BCUT2D eigenvalue weighted by Crippen LogP contribution is 1.98. The topological polar surface area (TPSA) is 92.4 Å². The van der Waals surface area contributed by atoms with Gasteiger partial charge in [0.05, 0.1) is 6.04 Å². The minimum absolute atomic E-state index is 0.0739. The zero-order chi connectivity index (χ0) is 11.7. The summed E-state index contributed by atoms with van der Waals surface area (Å²) in [6.45, 7) is 2.42. The molecule has 0 rings (SSSR count). The Morgan fingerprint density at radius 2 is 2.07 bits per heavy atom. The third-order valence-electron chi connectivity index (χ3n) is 2.07. The highest BCUT2D eigenvalue weighted by Gasteiger charge is 2.11. The van der Waals surface area contributed by atoms with Crippen LogP contribution in [-0.4, -0.2) is 29.6 Å². The molecule has 15 heavy (non-hydrogen) atoms. The second-order valence-corrected chi connectivity index (χ2v) is 3.54. The van der Waals surface area contributed by atoms with Crippen molar-refractivity contribution >= 4 is 11.9 Å². The summed E-state index contributed by atoms with van der Waals surface area (Å²) in [4.78, 5) is 21.5. The van der Waals surface area contributed by atoms with E-state index in [-0.39, 0.29) is 12.3 Å². The fourth-order valence-corrected chi connectivity index (χ4v) is 1.14. The first-order valence-electron chi connectivity index (χ1n) is 5.33. The van der Waals surface area contributed by atoms with Crippen LogP contribution in [0.25, 0.3) is 0 Å². The van der Waals surface area contributed by atoms with Crippen LogP contribution in [0.2, 0.25) is 0 Å². The lowest BCUT2D eigenvalue weighted by Crippen LogP contribution is -2.40. The summed E-state index contributed by atoms with van der Waals surface area (Å²) in [5.74, 6) is -1.03. The summed E-state index contributed by atoms with van der Waals surface area (Å²) in [7, 11) is 0. The van der Waals surface area contributed by atoms with E-state index in [1.54, 1.807) is 0 Å². The van der Waals surface area contributed by atoms with Crippen LogP contribution in [0.5, 0.6) is 0 Å². The lowest BCUT2D eigenvalue weighted by Gasteiger charge is -2.10. The van der Waals surface area contributed by atoms with Crippen LogP contribution >= 0.6 is 0 Å². The molecule has 5 heteroatoms. The van der Waals surface area contributed by atoms with Crippen LogP contribution in [-0.2, 0) is 9.59 Å². The number of nitrogens with one attached hydrogen (secondary N) is 1. The second-order valence-electron chi connectivity index (χ2n) is 3.54. The standard InChI is InChI=1S/C10H20N2O3/c1-2-3-5-8(11)10(15)12-7-4-6-9(13)14/h8H,2-7,11H2,1H3,(H,12,15)(H,13,14)/t8-/m0/s1. The summed E-state index contributed by atoms with van der Waals surface area (Å²) in [5, 5.41) is 11.0. The molecule has 0 heterocycles. The zero-order valence-corrected chi connectivity index (χ0v) is 9.16. The third kappa shape index (κ3) is 7.93. The van der Waals surface area contributed by atoms with Gasteiger partial charge in [0.15, 0.2) is 0 Å². The van der Waals surface area contributed by atoms with Crippen LogP contribution in [0.4, 0.5) is 0 Å². The average molecular weight is 216 g/mol. The van der Waals surface area contributed by atoms with E-state index in [1.807, 2.05) is 6.92 Å². The second kappa shape index (κ2) is 8.23. The minimum Gasteiger partial charge on any atom is -0.481 e. The first-order chi connectivity index (χ1) is 7.07. The van der Waals surface area contributed by atoms with E-state index in [0.717, 1.165) is 12.8 Å². The van der Waals surface area contributed by atoms with Gasteiger partial charge in [-0.05, 0) is 12.8 Å². The summed E-state index contributed by atoms with van der Waals surface area (Å²) in [5.41, 5.74) is 5.62. The van der Waals surface area contributed by atoms with Crippen LogP contribution < -0.4 is 11.1 Å². The molecule has 0 unspecified atom stereocenters. The fraction of sp³-hybridized carbons (Fsp3) is 0.800. The molecular weight excluding hydrogens is 196 g/mol. The molecule has 1 amide bonds. The van der Waals surface area contributed by atoms with Crippen molar-refractivity contribution in [3.63, 3.8) is 0 Å². The van der Waals surface area contributed by atoms with Crippen LogP contribution in [0.15, 0.2) is 0 Å². The molecule has 0 aliphatic carbocycles. The molecular formula is C10H20N2O3. The maximum atomic E-state index is 11.3. The van der Waals surface area contributed by atoms with Gasteiger partial charge < -0.3 is 16.2 Å². The minimum atomic E-state index is -0.848. The first-order valence-corrected chi connectivity index (χ1v) is 5.33. The van der Waals surface area contributed by atoms with Gasteiger partial charge in [-0.2, -0.15) is 0 Å². The Morgan fingerprint density at radius 1 is 1.40 bits per heavy atom. The van der Waals surface area contributed by atoms with Crippen molar-refractivity contribution in [2.24, 2.45) is 5.73 Å². The number of hydrogen-bond acceptors (Lipinski definition) is 3. The van der Waals surface area contributed by atoms with E-state index in [9.17, 15) is 9.59 Å². The molecule has 0 aromatic carbocycles. The molecule has 1 atom stereocenters. The van der Waals surface area contributed by atoms with Crippen molar-refractivity contribution in [1.29, 1.82) is 0 Å². The molecule has 0 fully saturated rings. The SMILES string of the molecule is CCCC[C@H](N)C(=O)NCCCC(=O)O. The van der Waals surface area contributed by atoms with E-state index in [0.29, 0.717) is 19.4 Å². The van der Waals surface area contributed by atoms with E-state index < -0.39 is 12.0 Å². The predicted octanol–water partition coefficient (Wildman–Crippen LogP) is 0.485. The third-order valence-corrected chi connectivity index (χ3v) is 2.07. The Balaban J connectivity index is 3.51. The number of carboxylic acids is 1. The maximum absolute atomic E-state index is 11.3. The number of amides is 1. The molecule has 0 radical (unpaired) electrons. The number of unbranched alkanes of at least 4 members (excludes halogenated alkanes) is 1. The van der Waals surface area contributed by atoms with Gasteiger partial charge >= 0.3 is 5.97 Å². The highest BCUT2D eigenvalue weighted by atomic mass is 16.4. The smallest absolute Gasteiger partial charge is 0.303 e. The molecule has 0 aromatic rings. The van der Waals surface area contributed by atoms with Gasteiger partial charge in [0.25, 0.3) is 0 Å². The molecule has 0 saturated heterocycles. The number of aliphatic carboxylic acids is 1. The Morgan fingerprint density at radius 3 is 2.60 bits per heavy atom. The molecule has 0 spiro atoms. The number of carbonyl (C=O) groups excluding carboxylic acids is 1. The van der Waals surface area contributed by atoms with Crippen molar-refractivity contribution in [3.05, 3.63) is 0 Å². The Labute approximate surface area is 90.0 Å². The highest BCUT2D eigenvalue weighted by molar-refractivity contribution is 5.81. The van der Waals surface area contributed by atoms with E-state index in [2.05, 4.69) is 5.32 Å². The lowest BCUT2D eigenvalue weighted by molar-refractivity contribution is -0.137. The monoisotopic (exact) mass is 216 g/mol. The molecule has 0 saturated carbocycles. The predicted molar refractivity (Wildman–Crippen MR) is 57.4 cm³/mol. The normalized spacial score (nSPS) is 12.1. The fourth-order valence-electron chi connectivity index (χ4n) is 1.14. The first kappa shape index (κ1) is 13.9. The molecule has 88 valence electrons. The van der Waals surface area contributed by atoms with Gasteiger partial charge in [0.2, 0.25) is 5.91 Å². The number of carbonyl (C=O) groups is 2. The zero-order valence-electron chi connectivity index (χ0n) is 9.16. The summed E-state index contributed by atoms with van der Waals surface area (Å²) in [6, 6.07) is -0.463. The van der Waals surface area contributed by atoms with Gasteiger partial charge in [-0.3, -0.25) is 9.59 Å². The number of rotatable bonds is 8. The van der Waals surface area contributed by atoms with Crippen LogP contribution in [0.1, 0.15) is 39.0 Å². The van der Waals surface area contributed by atoms with Crippen molar-refractivity contribution in [3.8, 4) is 0 Å². The summed E-state index contributed by atoms with van der Waals surface area (Å²) < 4.78 is 0. The largest absolute Gasteiger partial charge is 0.481 e. The molecule has 0 bridgehead atoms. The molecule has 0 aromatic heterocycles. The van der Waals surface area contributed by atoms with Crippen LogP contribution in [0, 0.1) is 0 Å². The van der Waals surface area contributed by atoms with Gasteiger partial charge in [-0.15, -0.1) is 0 Å². The van der Waals surface area contributed by atoms with E-state index in [1.165, 1.54) is 0 Å². The lowest BCUT2D eigenvalue weighted by atomic mass is 10.1. The number of hydrogen-bond donors (Lipinski definition) is 3. The van der Waals surface area contributed by atoms with Gasteiger partial charge in [-0.25, -0.2) is 0 Å². The molecule has 0 aliphatic rings. The van der Waals surface area contributed by atoms with Crippen molar-refractivity contribution in [2.75, 3.05) is 6.54 Å². The number of nitrogens with two attached hydrogens (primary N) is 1. The van der Waals surface area contributed by atoms with Crippen molar-refractivity contribution < 1.29 is 14.7 Å². The Hall–Kier alpha value is -1.10.